The van der Waals surface area contributed by atoms with Crippen LogP contribution in [0.25, 0.3) is 22.4 Å². The lowest BCUT2D eigenvalue weighted by Gasteiger charge is -2.27. The average Bonchev–Trinajstić information content (AvgIpc) is 3.77. The second-order valence-corrected chi connectivity index (χ2v) is 15.2. The molecular weight excluding hydrogens is 677 g/mol. The molecule has 0 unspecified atom stereocenters. The normalized spacial score (nSPS) is 18.0. The zero-order valence-electron chi connectivity index (χ0n) is 27.9. The predicted octanol–water partition coefficient (Wildman–Crippen LogP) is 5.10. The number of nitrogens with zero attached hydrogens (tertiary/aromatic N) is 3. The van der Waals surface area contributed by atoms with E-state index in [1.165, 1.54) is 0 Å². The van der Waals surface area contributed by atoms with Crippen LogP contribution in [0.3, 0.4) is 0 Å². The van der Waals surface area contributed by atoms with Gasteiger partial charge in [-0.15, -0.1) is 0 Å². The first-order chi connectivity index (χ1) is 22.6. The summed E-state index contributed by atoms with van der Waals surface area (Å²) in [5.74, 6) is 1.06. The van der Waals surface area contributed by atoms with Crippen molar-refractivity contribution in [1.29, 1.82) is 0 Å². The van der Waals surface area contributed by atoms with Crippen molar-refractivity contribution >= 4 is 54.3 Å². The Bertz CT molecular complexity index is 1810. The van der Waals surface area contributed by atoms with Crippen molar-refractivity contribution in [3.8, 4) is 22.4 Å². The molecule has 2 fully saturated rings. The lowest BCUT2D eigenvalue weighted by Crippen LogP contribution is -2.46. The third-order valence-electron chi connectivity index (χ3n) is 9.18. The molecule has 1 aromatic heterocycles. The number of nitrogens with one attached hydrogen (secondary N) is 2. The van der Waals surface area contributed by atoms with E-state index >= 15 is 0 Å². The van der Waals surface area contributed by atoms with Crippen LogP contribution in [0.2, 0.25) is 0 Å². The standard InChI is InChI=1S/C36H42N6O4S.2H2S/c1-24(2)33(37)36(44)42-17-3-4-32(42)34-38-22-31(40-34)28-11-7-26(8-12-28)27-9-13-29(14-10-27)35(43)39-30-15-5-25(6-16-30)23-41-18-20-47(45,46)21-19-41;;/h5-16,22,24,32-33H,3-4,17-21,23,37H2,1-2H3,(H,38,40)(H,39,43);2*1H2/t32-,33-;;/m0../s1. The first kappa shape index (κ1) is 38.2. The highest BCUT2D eigenvalue weighted by atomic mass is 32.2. The molecule has 4 N–H and O–H groups in total. The Kier molecular flexibility index (Phi) is 12.8. The van der Waals surface area contributed by atoms with Crippen LogP contribution < -0.4 is 11.1 Å². The zero-order chi connectivity index (χ0) is 33.1. The number of rotatable bonds is 9. The largest absolute Gasteiger partial charge is 0.340 e. The molecule has 2 aliphatic rings. The van der Waals surface area contributed by atoms with Crippen LogP contribution in [0.5, 0.6) is 0 Å². The number of anilines is 1. The van der Waals surface area contributed by atoms with Crippen molar-refractivity contribution in [2.45, 2.75) is 45.3 Å². The van der Waals surface area contributed by atoms with Crippen LogP contribution in [-0.4, -0.2) is 77.2 Å². The van der Waals surface area contributed by atoms with E-state index in [1.54, 1.807) is 0 Å². The minimum atomic E-state index is -2.90. The Morgan fingerprint density at radius 2 is 1.49 bits per heavy atom. The smallest absolute Gasteiger partial charge is 0.255 e. The van der Waals surface area contributed by atoms with Crippen molar-refractivity contribution in [3.63, 3.8) is 0 Å². The van der Waals surface area contributed by atoms with Crippen LogP contribution in [0.15, 0.2) is 79.0 Å². The topological polar surface area (TPSA) is 141 Å². The number of amides is 2. The molecule has 4 aromatic rings. The number of hydrogen-bond acceptors (Lipinski definition) is 7. The quantitative estimate of drug-likeness (QED) is 0.218. The molecule has 0 spiro atoms. The fraction of sp³-hybridized carbons (Fsp3) is 0.361. The highest BCUT2D eigenvalue weighted by Gasteiger charge is 2.35. The third kappa shape index (κ3) is 9.14. The second-order valence-electron chi connectivity index (χ2n) is 12.9. The van der Waals surface area contributed by atoms with Crippen LogP contribution in [0.4, 0.5) is 5.69 Å². The Balaban J connectivity index is 0.00000270. The van der Waals surface area contributed by atoms with E-state index in [-0.39, 0.29) is 62.3 Å². The summed E-state index contributed by atoms with van der Waals surface area (Å²) in [7, 11) is -2.90. The molecule has 0 bridgehead atoms. The number of carbonyl (C=O) groups excluding carboxylic acids is 2. The molecule has 0 aliphatic carbocycles. The molecule has 2 aliphatic heterocycles. The summed E-state index contributed by atoms with van der Waals surface area (Å²) >= 11 is 0. The van der Waals surface area contributed by atoms with Gasteiger partial charge in [-0.3, -0.25) is 14.5 Å². The van der Waals surface area contributed by atoms with Crippen molar-refractivity contribution in [3.05, 3.63) is 95.9 Å². The van der Waals surface area contributed by atoms with Gasteiger partial charge in [0.25, 0.3) is 5.91 Å². The minimum Gasteiger partial charge on any atom is -0.340 e. The molecule has 0 saturated carbocycles. The van der Waals surface area contributed by atoms with E-state index in [9.17, 15) is 18.0 Å². The fourth-order valence-electron chi connectivity index (χ4n) is 6.16. The molecule has 3 heterocycles. The van der Waals surface area contributed by atoms with Gasteiger partial charge in [-0.25, -0.2) is 13.4 Å². The van der Waals surface area contributed by atoms with Crippen molar-refractivity contribution in [2.75, 3.05) is 36.5 Å². The molecule has 0 radical (unpaired) electrons. The van der Waals surface area contributed by atoms with E-state index < -0.39 is 15.9 Å². The highest BCUT2D eigenvalue weighted by molar-refractivity contribution is 7.91. The van der Waals surface area contributed by atoms with E-state index in [0.29, 0.717) is 37.4 Å². The number of hydrogen-bond donors (Lipinski definition) is 3. The highest BCUT2D eigenvalue weighted by Crippen LogP contribution is 2.33. The number of aromatic nitrogens is 2. The van der Waals surface area contributed by atoms with E-state index in [0.717, 1.165) is 46.6 Å². The maximum absolute atomic E-state index is 13.0. The number of carbonyl (C=O) groups is 2. The van der Waals surface area contributed by atoms with Crippen LogP contribution in [0, 0.1) is 5.92 Å². The van der Waals surface area contributed by atoms with Gasteiger partial charge in [0, 0.05) is 37.4 Å². The van der Waals surface area contributed by atoms with E-state index in [1.807, 2.05) is 97.7 Å². The molecule has 10 nitrogen and oxygen atoms in total. The Labute approximate surface area is 302 Å². The van der Waals surface area contributed by atoms with Gasteiger partial charge < -0.3 is 20.9 Å². The van der Waals surface area contributed by atoms with Crippen molar-refractivity contribution in [1.82, 2.24) is 19.8 Å². The molecule has 49 heavy (non-hydrogen) atoms. The van der Waals surface area contributed by atoms with Crippen LogP contribution in [-0.2, 0) is 21.2 Å². The molecule has 2 amide bonds. The third-order valence-corrected chi connectivity index (χ3v) is 10.8. The molecular formula is C36H46N6O4S3. The fourth-order valence-corrected chi connectivity index (χ4v) is 7.44. The second kappa shape index (κ2) is 16.4. The lowest BCUT2D eigenvalue weighted by molar-refractivity contribution is -0.134. The van der Waals surface area contributed by atoms with Gasteiger partial charge in [0.05, 0.1) is 35.5 Å². The summed E-state index contributed by atoms with van der Waals surface area (Å²) in [6.45, 7) is 6.40. The summed E-state index contributed by atoms with van der Waals surface area (Å²) in [5.41, 5.74) is 12.4. The summed E-state index contributed by atoms with van der Waals surface area (Å²) in [6.07, 6.45) is 3.60. The first-order valence-electron chi connectivity index (χ1n) is 16.2. The SMILES string of the molecule is CC(C)[C@H](N)C(=O)N1CCC[C@H]1c1ncc(-c2ccc(-c3ccc(C(=O)Nc4ccc(CN5CCS(=O)(=O)CC5)cc4)cc3)cc2)[nH]1.S.S. The zero-order valence-corrected chi connectivity index (χ0v) is 30.7. The number of sulfone groups is 1. The van der Waals surface area contributed by atoms with Gasteiger partial charge in [-0.2, -0.15) is 27.0 Å². The number of benzene rings is 3. The lowest BCUT2D eigenvalue weighted by atomic mass is 10.0. The number of imidazole rings is 1. The average molecular weight is 723 g/mol. The van der Waals surface area contributed by atoms with Crippen LogP contribution in [0.1, 0.15) is 54.5 Å². The Morgan fingerprint density at radius 3 is 2.10 bits per heavy atom. The number of likely N-dealkylation sites (tertiary alicyclic amines) is 1. The van der Waals surface area contributed by atoms with E-state index in [2.05, 4.69) is 20.2 Å². The number of H-pyrrole nitrogens is 1. The Morgan fingerprint density at radius 1 is 0.898 bits per heavy atom. The van der Waals surface area contributed by atoms with Gasteiger partial charge in [0.1, 0.15) is 5.82 Å². The van der Waals surface area contributed by atoms with Crippen molar-refractivity contribution < 1.29 is 18.0 Å². The molecule has 2 atom stereocenters. The number of nitrogens with two attached hydrogens (primary N) is 1. The summed E-state index contributed by atoms with van der Waals surface area (Å²) in [6, 6.07) is 22.7. The van der Waals surface area contributed by atoms with Gasteiger partial charge in [-0.05, 0) is 65.3 Å². The summed E-state index contributed by atoms with van der Waals surface area (Å²) in [4.78, 5) is 38.0. The maximum Gasteiger partial charge on any atom is 0.255 e. The predicted molar refractivity (Wildman–Crippen MR) is 205 cm³/mol. The summed E-state index contributed by atoms with van der Waals surface area (Å²) in [5, 5.41) is 2.96. The van der Waals surface area contributed by atoms with Crippen molar-refractivity contribution in [2.24, 2.45) is 11.7 Å². The Hall–Kier alpha value is -3.62. The van der Waals surface area contributed by atoms with E-state index in [4.69, 9.17) is 5.73 Å². The molecule has 13 heteroatoms. The van der Waals surface area contributed by atoms with Gasteiger partial charge >= 0.3 is 0 Å². The van der Waals surface area contributed by atoms with Gasteiger partial charge in [0.2, 0.25) is 5.91 Å². The molecule has 2 saturated heterocycles. The monoisotopic (exact) mass is 722 g/mol. The maximum atomic E-state index is 13.0. The minimum absolute atomic E-state index is 0. The molecule has 3 aromatic carbocycles. The molecule has 262 valence electrons. The van der Waals surface area contributed by atoms with Gasteiger partial charge in [-0.1, -0.05) is 62.4 Å². The van der Waals surface area contributed by atoms with Crippen LogP contribution >= 0.6 is 27.0 Å². The summed E-state index contributed by atoms with van der Waals surface area (Å²) < 4.78 is 23.3. The van der Waals surface area contributed by atoms with Gasteiger partial charge in [0.15, 0.2) is 9.84 Å². The number of aromatic amines is 1. The first-order valence-corrected chi connectivity index (χ1v) is 18.0. The molecule has 6 rings (SSSR count).